The van der Waals surface area contributed by atoms with Gasteiger partial charge in [0.2, 0.25) is 0 Å². The first-order valence-electron chi connectivity index (χ1n) is 6.44. The fourth-order valence-electron chi connectivity index (χ4n) is 2.55. The molecule has 0 aliphatic heterocycles. The van der Waals surface area contributed by atoms with Gasteiger partial charge in [-0.25, -0.2) is 8.42 Å². The molecule has 3 nitrogen and oxygen atoms in total. The second kappa shape index (κ2) is 6.01. The Morgan fingerprint density at radius 1 is 1.12 bits per heavy atom. The fraction of sp³-hybridized carbons (Fsp3) is 1.00. The molecule has 16 heavy (non-hydrogen) atoms. The molecular weight excluding hydrogens is 222 g/mol. The third kappa shape index (κ3) is 4.06. The van der Waals surface area contributed by atoms with E-state index in [0.29, 0.717) is 12.3 Å². The highest BCUT2D eigenvalue weighted by molar-refractivity contribution is 7.91. The SMILES string of the molecule is CCS(=O)(=O)CCC1(CN)CCCCCC1. The second-order valence-corrected chi connectivity index (χ2v) is 7.58. The van der Waals surface area contributed by atoms with Crippen LogP contribution < -0.4 is 5.73 Å². The van der Waals surface area contributed by atoms with Crippen LogP contribution in [0.4, 0.5) is 0 Å². The molecule has 0 heterocycles. The molecule has 1 saturated carbocycles. The van der Waals surface area contributed by atoms with E-state index in [2.05, 4.69) is 0 Å². The Kier molecular flexibility index (Phi) is 5.25. The molecule has 96 valence electrons. The molecule has 1 aliphatic rings. The van der Waals surface area contributed by atoms with Crippen LogP contribution in [-0.4, -0.2) is 26.5 Å². The van der Waals surface area contributed by atoms with Gasteiger partial charge >= 0.3 is 0 Å². The number of sulfone groups is 1. The van der Waals surface area contributed by atoms with Gasteiger partial charge in [-0.15, -0.1) is 0 Å². The molecule has 0 aromatic carbocycles. The summed E-state index contributed by atoms with van der Waals surface area (Å²) < 4.78 is 23.1. The van der Waals surface area contributed by atoms with Crippen molar-refractivity contribution >= 4 is 9.84 Å². The summed E-state index contributed by atoms with van der Waals surface area (Å²) in [5, 5.41) is 0. The molecule has 1 fully saturated rings. The topological polar surface area (TPSA) is 60.2 Å². The van der Waals surface area contributed by atoms with Gasteiger partial charge in [0.1, 0.15) is 9.84 Å². The maximum atomic E-state index is 11.5. The average molecular weight is 247 g/mol. The minimum atomic E-state index is -2.83. The number of nitrogens with two attached hydrogens (primary N) is 1. The zero-order chi connectivity index (χ0) is 12.1. The summed E-state index contributed by atoms with van der Waals surface area (Å²) in [5.74, 6) is 0.578. The van der Waals surface area contributed by atoms with Gasteiger partial charge in [0, 0.05) is 5.75 Å². The first-order valence-corrected chi connectivity index (χ1v) is 8.26. The minimum Gasteiger partial charge on any atom is -0.330 e. The third-order valence-electron chi connectivity index (χ3n) is 3.98. The van der Waals surface area contributed by atoms with Crippen LogP contribution in [-0.2, 0) is 9.84 Å². The van der Waals surface area contributed by atoms with E-state index < -0.39 is 9.84 Å². The minimum absolute atomic E-state index is 0.110. The lowest BCUT2D eigenvalue weighted by molar-refractivity contribution is 0.245. The summed E-state index contributed by atoms with van der Waals surface area (Å²) in [6.07, 6.45) is 7.97. The van der Waals surface area contributed by atoms with Crippen LogP contribution in [0.25, 0.3) is 0 Å². The van der Waals surface area contributed by atoms with E-state index >= 15 is 0 Å². The quantitative estimate of drug-likeness (QED) is 0.757. The van der Waals surface area contributed by atoms with Crippen molar-refractivity contribution < 1.29 is 8.42 Å². The lowest BCUT2D eigenvalue weighted by Crippen LogP contribution is -2.32. The smallest absolute Gasteiger partial charge is 0.150 e. The van der Waals surface area contributed by atoms with Gasteiger partial charge in [0.05, 0.1) is 5.75 Å². The molecule has 0 unspecified atom stereocenters. The van der Waals surface area contributed by atoms with Gasteiger partial charge in [0.25, 0.3) is 0 Å². The van der Waals surface area contributed by atoms with E-state index in [-0.39, 0.29) is 11.2 Å². The zero-order valence-corrected chi connectivity index (χ0v) is 11.2. The van der Waals surface area contributed by atoms with Crippen molar-refractivity contribution in [1.82, 2.24) is 0 Å². The van der Waals surface area contributed by atoms with E-state index in [1.807, 2.05) is 0 Å². The van der Waals surface area contributed by atoms with Crippen molar-refractivity contribution in [2.24, 2.45) is 11.1 Å². The van der Waals surface area contributed by atoms with Crippen LogP contribution in [0.3, 0.4) is 0 Å². The predicted molar refractivity (Wildman–Crippen MR) is 68.1 cm³/mol. The molecule has 0 atom stereocenters. The van der Waals surface area contributed by atoms with Crippen molar-refractivity contribution in [1.29, 1.82) is 0 Å². The van der Waals surface area contributed by atoms with Crippen molar-refractivity contribution in [3.8, 4) is 0 Å². The second-order valence-electron chi connectivity index (χ2n) is 5.10. The Morgan fingerprint density at radius 3 is 2.12 bits per heavy atom. The highest BCUT2D eigenvalue weighted by Crippen LogP contribution is 2.37. The molecule has 2 N–H and O–H groups in total. The number of hydrogen-bond acceptors (Lipinski definition) is 3. The van der Waals surface area contributed by atoms with E-state index in [4.69, 9.17) is 5.73 Å². The summed E-state index contributed by atoms with van der Waals surface area (Å²) in [4.78, 5) is 0. The normalized spacial score (nSPS) is 21.6. The monoisotopic (exact) mass is 247 g/mol. The van der Waals surface area contributed by atoms with Crippen molar-refractivity contribution in [2.45, 2.75) is 51.9 Å². The molecule has 1 rings (SSSR count). The first-order chi connectivity index (χ1) is 7.54. The summed E-state index contributed by atoms with van der Waals surface area (Å²) in [6.45, 7) is 2.36. The van der Waals surface area contributed by atoms with E-state index in [1.165, 1.54) is 25.7 Å². The Labute approximate surface area is 99.7 Å². The Bertz CT molecular complexity index is 290. The van der Waals surface area contributed by atoms with E-state index in [1.54, 1.807) is 6.92 Å². The van der Waals surface area contributed by atoms with Crippen LogP contribution >= 0.6 is 0 Å². The number of hydrogen-bond donors (Lipinski definition) is 1. The average Bonchev–Trinajstić information content (AvgIpc) is 2.53. The van der Waals surface area contributed by atoms with Gasteiger partial charge in [-0.05, 0) is 31.2 Å². The van der Waals surface area contributed by atoms with Gasteiger partial charge in [0.15, 0.2) is 0 Å². The van der Waals surface area contributed by atoms with Crippen LogP contribution in [0.2, 0.25) is 0 Å². The standard InChI is InChI=1S/C12H25NO2S/c1-2-16(14,15)10-9-12(11-13)7-5-3-4-6-8-12/h2-11,13H2,1H3. The van der Waals surface area contributed by atoms with Crippen LogP contribution in [0, 0.1) is 5.41 Å². The molecular formula is C12H25NO2S. The largest absolute Gasteiger partial charge is 0.330 e. The maximum absolute atomic E-state index is 11.5. The first kappa shape index (κ1) is 14.0. The molecule has 0 aromatic rings. The Balaban J connectivity index is 2.58. The van der Waals surface area contributed by atoms with Crippen LogP contribution in [0.15, 0.2) is 0 Å². The highest BCUT2D eigenvalue weighted by Gasteiger charge is 2.30. The molecule has 1 aliphatic carbocycles. The van der Waals surface area contributed by atoms with Gasteiger partial charge < -0.3 is 5.73 Å². The van der Waals surface area contributed by atoms with Gasteiger partial charge in [-0.3, -0.25) is 0 Å². The van der Waals surface area contributed by atoms with Crippen LogP contribution in [0.5, 0.6) is 0 Å². The fourth-order valence-corrected chi connectivity index (χ4v) is 3.58. The molecule has 4 heteroatoms. The van der Waals surface area contributed by atoms with Crippen LogP contribution in [0.1, 0.15) is 51.9 Å². The van der Waals surface area contributed by atoms with Crippen molar-refractivity contribution in [3.63, 3.8) is 0 Å². The van der Waals surface area contributed by atoms with Crippen molar-refractivity contribution in [2.75, 3.05) is 18.1 Å². The molecule has 0 amide bonds. The molecule has 0 saturated heterocycles. The lowest BCUT2D eigenvalue weighted by atomic mass is 9.78. The maximum Gasteiger partial charge on any atom is 0.150 e. The van der Waals surface area contributed by atoms with Gasteiger partial charge in [-0.2, -0.15) is 0 Å². The zero-order valence-electron chi connectivity index (χ0n) is 10.4. The van der Waals surface area contributed by atoms with Crippen molar-refractivity contribution in [3.05, 3.63) is 0 Å². The highest BCUT2D eigenvalue weighted by atomic mass is 32.2. The predicted octanol–water partition coefficient (Wildman–Crippen LogP) is 2.11. The molecule has 0 aromatic heterocycles. The lowest BCUT2D eigenvalue weighted by Gasteiger charge is -2.31. The van der Waals surface area contributed by atoms with E-state index in [0.717, 1.165) is 19.3 Å². The molecule has 0 spiro atoms. The molecule has 0 bridgehead atoms. The summed E-state index contributed by atoms with van der Waals surface area (Å²) in [7, 11) is -2.83. The summed E-state index contributed by atoms with van der Waals surface area (Å²) in [6, 6.07) is 0. The Morgan fingerprint density at radius 2 is 1.69 bits per heavy atom. The van der Waals surface area contributed by atoms with Gasteiger partial charge in [-0.1, -0.05) is 32.6 Å². The summed E-state index contributed by atoms with van der Waals surface area (Å²) >= 11 is 0. The summed E-state index contributed by atoms with van der Waals surface area (Å²) in [5.41, 5.74) is 5.99. The number of rotatable bonds is 5. The molecule has 0 radical (unpaired) electrons. The Hall–Kier alpha value is -0.0900. The van der Waals surface area contributed by atoms with E-state index in [9.17, 15) is 8.42 Å². The third-order valence-corrected chi connectivity index (χ3v) is 5.69.